The van der Waals surface area contributed by atoms with Crippen LogP contribution in [0.4, 0.5) is 8.78 Å². The van der Waals surface area contributed by atoms with Gasteiger partial charge in [0.15, 0.2) is 0 Å². The van der Waals surface area contributed by atoms with Crippen LogP contribution in [0.15, 0.2) is 24.3 Å². The third-order valence-corrected chi connectivity index (χ3v) is 2.97. The van der Waals surface area contributed by atoms with E-state index in [1.165, 1.54) is 18.6 Å². The molecule has 0 aromatic heterocycles. The average molecular weight is 241 g/mol. The van der Waals surface area contributed by atoms with E-state index in [-0.39, 0.29) is 5.56 Å². The zero-order chi connectivity index (χ0) is 12.3. The summed E-state index contributed by atoms with van der Waals surface area (Å²) in [6.07, 6.45) is 2.29. The molecule has 1 N–H and O–H groups in total. The van der Waals surface area contributed by atoms with Crippen molar-refractivity contribution in [1.29, 1.82) is 0 Å². The van der Waals surface area contributed by atoms with Gasteiger partial charge in [0, 0.05) is 18.5 Å². The topological polar surface area (TPSA) is 21.3 Å². The van der Waals surface area contributed by atoms with Crippen molar-refractivity contribution in [3.63, 3.8) is 0 Å². The molecule has 1 aliphatic heterocycles. The molecule has 1 aromatic rings. The van der Waals surface area contributed by atoms with Gasteiger partial charge in [-0.2, -0.15) is 0 Å². The van der Waals surface area contributed by atoms with Gasteiger partial charge in [-0.1, -0.05) is 0 Å². The zero-order valence-corrected chi connectivity index (χ0v) is 9.88. The molecule has 0 aliphatic carbocycles. The van der Waals surface area contributed by atoms with Gasteiger partial charge in [-0.15, -0.1) is 0 Å². The summed E-state index contributed by atoms with van der Waals surface area (Å²) in [5.41, 5.74) is 0.0174. The smallest absolute Gasteiger partial charge is 0.270 e. The second kappa shape index (κ2) is 5.00. The highest BCUT2D eigenvalue weighted by atomic mass is 19.3. The van der Waals surface area contributed by atoms with Crippen LogP contribution < -0.4 is 10.1 Å². The molecule has 1 saturated heterocycles. The Bertz CT molecular complexity index is 353. The lowest BCUT2D eigenvalue weighted by molar-refractivity contribution is 0.0174. The van der Waals surface area contributed by atoms with Gasteiger partial charge in [-0.25, -0.2) is 8.78 Å². The minimum Gasteiger partial charge on any atom is -0.492 e. The summed E-state index contributed by atoms with van der Waals surface area (Å²) in [4.78, 5) is 0. The van der Waals surface area contributed by atoms with Gasteiger partial charge in [0.1, 0.15) is 12.4 Å². The van der Waals surface area contributed by atoms with Crippen LogP contribution in [-0.2, 0) is 5.92 Å². The molecule has 94 valence electrons. The standard InChI is InChI=1S/C13H17F2NO/c1-13(14,15)10-4-6-12(7-5-10)17-9-11-3-2-8-16-11/h4-7,11,16H,2-3,8-9H2,1H3. The van der Waals surface area contributed by atoms with Crippen LogP contribution in [0.25, 0.3) is 0 Å². The maximum absolute atomic E-state index is 13.0. The maximum atomic E-state index is 13.0. The van der Waals surface area contributed by atoms with E-state index in [2.05, 4.69) is 5.32 Å². The lowest BCUT2D eigenvalue weighted by Gasteiger charge is -2.14. The molecule has 0 radical (unpaired) electrons. The van der Waals surface area contributed by atoms with E-state index in [0.29, 0.717) is 18.4 Å². The van der Waals surface area contributed by atoms with E-state index >= 15 is 0 Å². The van der Waals surface area contributed by atoms with Crippen LogP contribution >= 0.6 is 0 Å². The Labute approximate surface area is 100.0 Å². The third-order valence-electron chi connectivity index (χ3n) is 2.97. The number of rotatable bonds is 4. The van der Waals surface area contributed by atoms with Gasteiger partial charge in [0.2, 0.25) is 0 Å². The van der Waals surface area contributed by atoms with Gasteiger partial charge < -0.3 is 10.1 Å². The molecule has 0 bridgehead atoms. The number of hydrogen-bond acceptors (Lipinski definition) is 2. The fourth-order valence-electron chi connectivity index (χ4n) is 1.94. The molecule has 1 fully saturated rings. The van der Waals surface area contributed by atoms with Crippen LogP contribution in [0.2, 0.25) is 0 Å². The van der Waals surface area contributed by atoms with Gasteiger partial charge in [0.05, 0.1) is 0 Å². The number of halogens is 2. The normalized spacial score (nSPS) is 20.5. The summed E-state index contributed by atoms with van der Waals surface area (Å²) in [6.45, 7) is 2.53. The number of ether oxygens (including phenoxy) is 1. The minimum atomic E-state index is -2.79. The Hall–Kier alpha value is -1.16. The van der Waals surface area contributed by atoms with Crippen LogP contribution in [-0.4, -0.2) is 19.2 Å². The Kier molecular flexibility index (Phi) is 3.62. The predicted molar refractivity (Wildman–Crippen MR) is 62.5 cm³/mol. The van der Waals surface area contributed by atoms with Crippen molar-refractivity contribution < 1.29 is 13.5 Å². The number of nitrogens with one attached hydrogen (secondary N) is 1. The molecule has 0 saturated carbocycles. The lowest BCUT2D eigenvalue weighted by atomic mass is 10.1. The van der Waals surface area contributed by atoms with Crippen molar-refractivity contribution in [3.05, 3.63) is 29.8 Å². The Morgan fingerprint density at radius 1 is 1.35 bits per heavy atom. The van der Waals surface area contributed by atoms with E-state index in [1.54, 1.807) is 12.1 Å². The minimum absolute atomic E-state index is 0.0174. The van der Waals surface area contributed by atoms with Crippen LogP contribution in [0.5, 0.6) is 5.75 Å². The number of benzene rings is 1. The van der Waals surface area contributed by atoms with Crippen molar-refractivity contribution in [2.24, 2.45) is 0 Å². The van der Waals surface area contributed by atoms with Gasteiger partial charge in [0.25, 0.3) is 5.92 Å². The highest BCUT2D eigenvalue weighted by Gasteiger charge is 2.23. The lowest BCUT2D eigenvalue weighted by Crippen LogP contribution is -2.28. The number of alkyl halides is 2. The van der Waals surface area contributed by atoms with Crippen LogP contribution in [0.1, 0.15) is 25.3 Å². The third kappa shape index (κ3) is 3.40. The molecule has 1 unspecified atom stereocenters. The molecule has 17 heavy (non-hydrogen) atoms. The molecule has 0 spiro atoms. The summed E-state index contributed by atoms with van der Waals surface area (Å²) in [5.74, 6) is -2.14. The number of hydrogen-bond donors (Lipinski definition) is 1. The molecule has 0 amide bonds. The Morgan fingerprint density at radius 3 is 2.59 bits per heavy atom. The monoisotopic (exact) mass is 241 g/mol. The molecule has 1 heterocycles. The van der Waals surface area contributed by atoms with E-state index in [1.807, 2.05) is 0 Å². The largest absolute Gasteiger partial charge is 0.492 e. The van der Waals surface area contributed by atoms with Crippen molar-refractivity contribution in [2.75, 3.05) is 13.2 Å². The summed E-state index contributed by atoms with van der Waals surface area (Å²) in [5, 5.41) is 3.32. The fourth-order valence-corrected chi connectivity index (χ4v) is 1.94. The van der Waals surface area contributed by atoms with Gasteiger partial charge >= 0.3 is 0 Å². The van der Waals surface area contributed by atoms with Crippen molar-refractivity contribution >= 4 is 0 Å². The molecule has 4 heteroatoms. The first-order chi connectivity index (χ1) is 8.05. The first-order valence-corrected chi connectivity index (χ1v) is 5.90. The second-order valence-corrected chi connectivity index (χ2v) is 4.52. The van der Waals surface area contributed by atoms with Gasteiger partial charge in [-0.3, -0.25) is 0 Å². The molecule has 2 rings (SSSR count). The average Bonchev–Trinajstić information content (AvgIpc) is 2.78. The SMILES string of the molecule is CC(F)(F)c1ccc(OCC2CCCN2)cc1. The predicted octanol–water partition coefficient (Wildman–Crippen LogP) is 2.93. The fraction of sp³-hybridized carbons (Fsp3) is 0.538. The quantitative estimate of drug-likeness (QED) is 0.875. The van der Waals surface area contributed by atoms with Crippen molar-refractivity contribution in [2.45, 2.75) is 31.7 Å². The van der Waals surface area contributed by atoms with Gasteiger partial charge in [-0.05, 0) is 43.7 Å². The second-order valence-electron chi connectivity index (χ2n) is 4.52. The highest BCUT2D eigenvalue weighted by molar-refractivity contribution is 5.29. The van der Waals surface area contributed by atoms with Crippen LogP contribution in [0, 0.1) is 0 Å². The molecular formula is C13H17F2NO. The first kappa shape index (κ1) is 12.3. The first-order valence-electron chi connectivity index (χ1n) is 5.90. The molecule has 1 atom stereocenters. The zero-order valence-electron chi connectivity index (χ0n) is 9.88. The molecular weight excluding hydrogens is 224 g/mol. The Balaban J connectivity index is 1.89. The summed E-state index contributed by atoms with van der Waals surface area (Å²) in [7, 11) is 0. The van der Waals surface area contributed by atoms with Crippen molar-refractivity contribution in [1.82, 2.24) is 5.32 Å². The van der Waals surface area contributed by atoms with E-state index in [0.717, 1.165) is 19.9 Å². The molecule has 2 nitrogen and oxygen atoms in total. The summed E-state index contributed by atoms with van der Waals surface area (Å²) < 4.78 is 31.5. The van der Waals surface area contributed by atoms with E-state index in [4.69, 9.17) is 4.74 Å². The highest BCUT2D eigenvalue weighted by Crippen LogP contribution is 2.28. The molecule has 1 aromatic carbocycles. The maximum Gasteiger partial charge on any atom is 0.270 e. The summed E-state index contributed by atoms with van der Waals surface area (Å²) in [6, 6.07) is 6.42. The van der Waals surface area contributed by atoms with Crippen molar-refractivity contribution in [3.8, 4) is 5.75 Å². The molecule has 1 aliphatic rings. The van der Waals surface area contributed by atoms with Crippen LogP contribution in [0.3, 0.4) is 0 Å². The van der Waals surface area contributed by atoms with E-state index in [9.17, 15) is 8.78 Å². The summed E-state index contributed by atoms with van der Waals surface area (Å²) >= 11 is 0. The van der Waals surface area contributed by atoms with E-state index < -0.39 is 5.92 Å². The Morgan fingerprint density at radius 2 is 2.06 bits per heavy atom.